The van der Waals surface area contributed by atoms with E-state index in [0.29, 0.717) is 22.4 Å². The molecule has 0 aliphatic heterocycles. The van der Waals surface area contributed by atoms with Crippen LogP contribution >= 0.6 is 0 Å². The zero-order chi connectivity index (χ0) is 21.0. The number of amides is 1. The van der Waals surface area contributed by atoms with E-state index in [1.54, 1.807) is 25.3 Å². The lowest BCUT2D eigenvalue weighted by atomic mass is 10.00. The van der Waals surface area contributed by atoms with Gasteiger partial charge in [0.1, 0.15) is 5.82 Å². The highest BCUT2D eigenvalue weighted by molar-refractivity contribution is 5.95. The van der Waals surface area contributed by atoms with Gasteiger partial charge in [0.25, 0.3) is 5.91 Å². The van der Waals surface area contributed by atoms with Gasteiger partial charge in [0, 0.05) is 30.1 Å². The number of ether oxygens (including phenoxy) is 1. The molecule has 29 heavy (non-hydrogen) atoms. The highest BCUT2D eigenvalue weighted by Crippen LogP contribution is 2.27. The number of benzene rings is 1. The van der Waals surface area contributed by atoms with Crippen molar-refractivity contribution in [1.82, 2.24) is 15.3 Å². The maximum Gasteiger partial charge on any atom is 0.254 e. The molecule has 0 aliphatic carbocycles. The smallest absolute Gasteiger partial charge is 0.254 e. The van der Waals surface area contributed by atoms with Crippen molar-refractivity contribution in [1.29, 1.82) is 0 Å². The first kappa shape index (κ1) is 20.3. The number of nitrogens with zero attached hydrogens (tertiary/aromatic N) is 2. The summed E-state index contributed by atoms with van der Waals surface area (Å²) in [5.41, 5.74) is 1.72. The van der Waals surface area contributed by atoms with Crippen LogP contribution in [0.4, 0.5) is 8.78 Å². The molecule has 0 spiro atoms. The molecule has 2 aromatic heterocycles. The average molecular weight is 399 g/mol. The Morgan fingerprint density at radius 2 is 2.00 bits per heavy atom. The maximum absolute atomic E-state index is 14.3. The van der Waals surface area contributed by atoms with Crippen LogP contribution < -0.4 is 10.1 Å². The topological polar surface area (TPSA) is 84.3 Å². The SMILES string of the molecule is COc1ncc(CNC(=O)c2cc(-c3ncccc3[C@H](C)O)ccc2F)cc1F. The van der Waals surface area contributed by atoms with Crippen molar-refractivity contribution < 1.29 is 23.4 Å². The third kappa shape index (κ3) is 4.55. The number of carbonyl (C=O) groups is 1. The monoisotopic (exact) mass is 399 g/mol. The third-order valence-electron chi connectivity index (χ3n) is 4.28. The Bertz CT molecular complexity index is 1040. The summed E-state index contributed by atoms with van der Waals surface area (Å²) in [5, 5.41) is 12.5. The predicted octanol–water partition coefficient (Wildman–Crippen LogP) is 3.41. The molecule has 0 radical (unpaired) electrons. The lowest BCUT2D eigenvalue weighted by Gasteiger charge is -2.12. The van der Waals surface area contributed by atoms with E-state index in [2.05, 4.69) is 15.3 Å². The van der Waals surface area contributed by atoms with Crippen molar-refractivity contribution in [2.45, 2.75) is 19.6 Å². The maximum atomic E-state index is 14.3. The number of pyridine rings is 2. The summed E-state index contributed by atoms with van der Waals surface area (Å²) in [6.45, 7) is 1.55. The van der Waals surface area contributed by atoms with Crippen LogP contribution in [0.3, 0.4) is 0 Å². The van der Waals surface area contributed by atoms with Crippen LogP contribution in [-0.4, -0.2) is 28.1 Å². The van der Waals surface area contributed by atoms with Gasteiger partial charge in [-0.15, -0.1) is 0 Å². The van der Waals surface area contributed by atoms with Gasteiger partial charge in [-0.1, -0.05) is 6.07 Å². The molecule has 0 bridgehead atoms. The molecule has 0 aliphatic rings. The summed E-state index contributed by atoms with van der Waals surface area (Å²) < 4.78 is 32.7. The molecule has 1 atom stereocenters. The van der Waals surface area contributed by atoms with Crippen molar-refractivity contribution in [2.24, 2.45) is 0 Å². The number of aliphatic hydroxyl groups is 1. The van der Waals surface area contributed by atoms with Gasteiger partial charge in [0.05, 0.1) is 24.5 Å². The molecule has 0 fully saturated rings. The second-order valence-corrected chi connectivity index (χ2v) is 6.33. The molecule has 0 unspecified atom stereocenters. The van der Waals surface area contributed by atoms with Gasteiger partial charge in [-0.3, -0.25) is 9.78 Å². The van der Waals surface area contributed by atoms with Gasteiger partial charge < -0.3 is 15.2 Å². The van der Waals surface area contributed by atoms with Crippen molar-refractivity contribution in [3.8, 4) is 17.1 Å². The summed E-state index contributed by atoms with van der Waals surface area (Å²) in [5.74, 6) is -2.19. The first-order valence-electron chi connectivity index (χ1n) is 8.80. The van der Waals surface area contributed by atoms with Crippen molar-refractivity contribution >= 4 is 5.91 Å². The number of nitrogens with one attached hydrogen (secondary N) is 1. The van der Waals surface area contributed by atoms with Crippen LogP contribution in [0.1, 0.15) is 34.5 Å². The highest BCUT2D eigenvalue weighted by atomic mass is 19.1. The standard InChI is InChI=1S/C21H19F2N3O3/c1-12(27)15-4-3-7-24-19(15)14-5-6-17(22)16(9-14)20(28)25-10-13-8-18(23)21(29-2)26-11-13/h3-9,11-12,27H,10H2,1-2H3,(H,25,28)/t12-/m0/s1. The molecule has 3 aromatic rings. The van der Waals surface area contributed by atoms with E-state index in [-0.39, 0.29) is 18.0 Å². The number of hydrogen-bond donors (Lipinski definition) is 2. The van der Waals surface area contributed by atoms with Gasteiger partial charge in [-0.2, -0.15) is 0 Å². The number of rotatable bonds is 6. The Kier molecular flexibility index (Phi) is 6.13. The number of methoxy groups -OCH3 is 1. The summed E-state index contributed by atoms with van der Waals surface area (Å²) in [6.07, 6.45) is 2.13. The van der Waals surface area contributed by atoms with Crippen LogP contribution in [0, 0.1) is 11.6 Å². The third-order valence-corrected chi connectivity index (χ3v) is 4.28. The Morgan fingerprint density at radius 3 is 2.69 bits per heavy atom. The number of aliphatic hydroxyl groups excluding tert-OH is 1. The van der Waals surface area contributed by atoms with Crippen LogP contribution in [0.5, 0.6) is 5.88 Å². The minimum Gasteiger partial charge on any atom is -0.479 e. The molecule has 0 saturated heterocycles. The first-order chi connectivity index (χ1) is 13.9. The highest BCUT2D eigenvalue weighted by Gasteiger charge is 2.17. The fraction of sp³-hybridized carbons (Fsp3) is 0.190. The quantitative estimate of drug-likeness (QED) is 0.664. The Hall–Kier alpha value is -3.39. The number of carbonyl (C=O) groups excluding carboxylic acids is 1. The summed E-state index contributed by atoms with van der Waals surface area (Å²) in [6, 6.07) is 8.60. The van der Waals surface area contributed by atoms with Crippen LogP contribution in [0.25, 0.3) is 11.3 Å². The van der Waals surface area contributed by atoms with Crippen LogP contribution in [0.2, 0.25) is 0 Å². The minimum absolute atomic E-state index is 0.0427. The molecule has 2 heterocycles. The molecule has 0 saturated carbocycles. The van der Waals surface area contributed by atoms with Gasteiger partial charge in [-0.25, -0.2) is 13.8 Å². The molecule has 2 N–H and O–H groups in total. The van der Waals surface area contributed by atoms with E-state index >= 15 is 0 Å². The predicted molar refractivity (Wildman–Crippen MR) is 102 cm³/mol. The molecule has 8 heteroatoms. The van der Waals surface area contributed by atoms with E-state index < -0.39 is 23.6 Å². The second-order valence-electron chi connectivity index (χ2n) is 6.33. The summed E-state index contributed by atoms with van der Waals surface area (Å²) in [4.78, 5) is 20.5. The molecular formula is C21H19F2N3O3. The zero-order valence-electron chi connectivity index (χ0n) is 15.8. The van der Waals surface area contributed by atoms with E-state index in [4.69, 9.17) is 4.74 Å². The fourth-order valence-corrected chi connectivity index (χ4v) is 2.83. The normalized spacial score (nSPS) is 11.8. The van der Waals surface area contributed by atoms with Crippen molar-refractivity contribution in [3.63, 3.8) is 0 Å². The van der Waals surface area contributed by atoms with Gasteiger partial charge in [0.15, 0.2) is 5.82 Å². The number of halogens is 2. The Balaban J connectivity index is 1.83. The van der Waals surface area contributed by atoms with Gasteiger partial charge >= 0.3 is 0 Å². The number of hydrogen-bond acceptors (Lipinski definition) is 5. The van der Waals surface area contributed by atoms with E-state index in [9.17, 15) is 18.7 Å². The minimum atomic E-state index is -0.779. The Morgan fingerprint density at radius 1 is 1.21 bits per heavy atom. The molecule has 3 rings (SSSR count). The lowest BCUT2D eigenvalue weighted by molar-refractivity contribution is 0.0947. The van der Waals surface area contributed by atoms with E-state index in [1.165, 1.54) is 37.6 Å². The average Bonchev–Trinajstić information content (AvgIpc) is 2.72. The van der Waals surface area contributed by atoms with E-state index in [1.807, 2.05) is 0 Å². The summed E-state index contributed by atoms with van der Waals surface area (Å²) >= 11 is 0. The van der Waals surface area contributed by atoms with Gasteiger partial charge in [0.2, 0.25) is 5.88 Å². The molecule has 150 valence electrons. The van der Waals surface area contributed by atoms with E-state index in [0.717, 1.165) is 0 Å². The largest absolute Gasteiger partial charge is 0.479 e. The van der Waals surface area contributed by atoms with Crippen LogP contribution in [-0.2, 0) is 6.54 Å². The zero-order valence-corrected chi connectivity index (χ0v) is 15.8. The summed E-state index contributed by atoms with van der Waals surface area (Å²) in [7, 11) is 1.30. The van der Waals surface area contributed by atoms with Crippen molar-refractivity contribution in [3.05, 3.63) is 77.1 Å². The van der Waals surface area contributed by atoms with Crippen molar-refractivity contribution in [2.75, 3.05) is 7.11 Å². The lowest BCUT2D eigenvalue weighted by Crippen LogP contribution is -2.24. The Labute approximate surface area is 166 Å². The molecule has 6 nitrogen and oxygen atoms in total. The van der Waals surface area contributed by atoms with Crippen LogP contribution in [0.15, 0.2) is 48.8 Å². The second kappa shape index (κ2) is 8.74. The first-order valence-corrected chi connectivity index (χ1v) is 8.80. The van der Waals surface area contributed by atoms with Gasteiger partial charge in [-0.05, 0) is 42.8 Å². The molecule has 1 aromatic carbocycles. The molecular weight excluding hydrogens is 380 g/mol. The molecule has 1 amide bonds. The fourth-order valence-electron chi connectivity index (χ4n) is 2.83. The number of aromatic nitrogens is 2.